The molecule has 0 aromatic heterocycles. The second-order valence-electron chi connectivity index (χ2n) is 2.44. The summed E-state index contributed by atoms with van der Waals surface area (Å²) in [4.78, 5) is 11.1. The number of benzene rings is 1. The fourth-order valence-corrected chi connectivity index (χ4v) is 0.996. The van der Waals surface area contributed by atoms with E-state index in [9.17, 15) is 4.79 Å². The molecule has 0 aliphatic heterocycles. The lowest BCUT2D eigenvalue weighted by molar-refractivity contribution is 0.100. The minimum Gasteiger partial charge on any atom is -0.324 e. The molecule has 0 heterocycles. The molecule has 66 valence electrons. The van der Waals surface area contributed by atoms with Gasteiger partial charge in [-0.15, -0.1) is 12.4 Å². The molecule has 1 rings (SSSR count). The predicted octanol–water partition coefficient (Wildman–Crippen LogP) is 1.56. The van der Waals surface area contributed by atoms with Crippen molar-refractivity contribution < 1.29 is 4.79 Å². The Bertz CT molecular complexity index is 273. The first-order valence-electron chi connectivity index (χ1n) is 3.54. The van der Waals surface area contributed by atoms with E-state index < -0.39 is 0 Å². The SMILES string of the molecule is Cc1ccccc1C(=O)CN.Cl. The summed E-state index contributed by atoms with van der Waals surface area (Å²) in [5, 5.41) is 0. The van der Waals surface area contributed by atoms with Gasteiger partial charge in [-0.25, -0.2) is 0 Å². The second-order valence-corrected chi connectivity index (χ2v) is 2.44. The quantitative estimate of drug-likeness (QED) is 0.711. The van der Waals surface area contributed by atoms with Crippen molar-refractivity contribution in [3.05, 3.63) is 35.4 Å². The van der Waals surface area contributed by atoms with E-state index in [4.69, 9.17) is 5.73 Å². The minimum absolute atomic E-state index is 0. The summed E-state index contributed by atoms with van der Waals surface area (Å²) in [6.07, 6.45) is 0. The van der Waals surface area contributed by atoms with Gasteiger partial charge in [-0.3, -0.25) is 4.79 Å². The lowest BCUT2D eigenvalue weighted by atomic mass is 10.1. The number of Topliss-reactive ketones (excluding diaryl/α,β-unsaturated/α-hetero) is 1. The van der Waals surface area contributed by atoms with Crippen LogP contribution in [0.2, 0.25) is 0 Å². The number of carbonyl (C=O) groups excluding carboxylic acids is 1. The van der Waals surface area contributed by atoms with Crippen molar-refractivity contribution in [1.82, 2.24) is 0 Å². The average molecular weight is 186 g/mol. The summed E-state index contributed by atoms with van der Waals surface area (Å²) < 4.78 is 0. The molecule has 2 nitrogen and oxygen atoms in total. The summed E-state index contributed by atoms with van der Waals surface area (Å²) in [7, 11) is 0. The zero-order valence-corrected chi connectivity index (χ0v) is 7.73. The predicted molar refractivity (Wildman–Crippen MR) is 51.8 cm³/mol. The fraction of sp³-hybridized carbons (Fsp3) is 0.222. The average Bonchev–Trinajstić information content (AvgIpc) is 2.04. The molecule has 3 heteroatoms. The second kappa shape index (κ2) is 4.91. The molecule has 0 radical (unpaired) electrons. The number of rotatable bonds is 2. The molecule has 1 aromatic carbocycles. The van der Waals surface area contributed by atoms with Crippen LogP contribution in [0.5, 0.6) is 0 Å². The van der Waals surface area contributed by atoms with Gasteiger partial charge in [0, 0.05) is 5.56 Å². The van der Waals surface area contributed by atoms with Gasteiger partial charge in [0.25, 0.3) is 0 Å². The summed E-state index contributed by atoms with van der Waals surface area (Å²) in [5.74, 6) is 0.00287. The van der Waals surface area contributed by atoms with Gasteiger partial charge in [0.15, 0.2) is 5.78 Å². The number of hydrogen-bond acceptors (Lipinski definition) is 2. The van der Waals surface area contributed by atoms with Crippen molar-refractivity contribution in [1.29, 1.82) is 0 Å². The van der Waals surface area contributed by atoms with Gasteiger partial charge in [-0.1, -0.05) is 24.3 Å². The first-order chi connectivity index (χ1) is 5.25. The molecular weight excluding hydrogens is 174 g/mol. The van der Waals surface area contributed by atoms with E-state index in [0.29, 0.717) is 0 Å². The van der Waals surface area contributed by atoms with Crippen molar-refractivity contribution in [3.8, 4) is 0 Å². The maximum atomic E-state index is 11.1. The van der Waals surface area contributed by atoms with Crippen molar-refractivity contribution in [2.75, 3.05) is 6.54 Å². The van der Waals surface area contributed by atoms with Gasteiger partial charge in [0.05, 0.1) is 6.54 Å². The highest BCUT2D eigenvalue weighted by Gasteiger charge is 2.04. The van der Waals surface area contributed by atoms with E-state index in [-0.39, 0.29) is 24.7 Å². The molecule has 0 spiro atoms. The molecule has 0 atom stereocenters. The summed E-state index contributed by atoms with van der Waals surface area (Å²) in [6, 6.07) is 7.45. The maximum Gasteiger partial charge on any atom is 0.176 e. The van der Waals surface area contributed by atoms with E-state index >= 15 is 0 Å². The van der Waals surface area contributed by atoms with Crippen LogP contribution < -0.4 is 5.73 Å². The number of halogens is 1. The lowest BCUT2D eigenvalue weighted by Gasteiger charge is -2.00. The first kappa shape index (κ1) is 11.1. The summed E-state index contributed by atoms with van der Waals surface area (Å²) >= 11 is 0. The molecule has 12 heavy (non-hydrogen) atoms. The monoisotopic (exact) mass is 185 g/mol. The van der Waals surface area contributed by atoms with Crippen molar-refractivity contribution in [2.24, 2.45) is 5.73 Å². The molecule has 0 bridgehead atoms. The molecule has 0 unspecified atom stereocenters. The summed E-state index contributed by atoms with van der Waals surface area (Å²) in [6.45, 7) is 1.99. The Morgan fingerprint density at radius 2 is 2.00 bits per heavy atom. The minimum atomic E-state index is 0. The van der Waals surface area contributed by atoms with Crippen LogP contribution in [0.25, 0.3) is 0 Å². The Morgan fingerprint density at radius 1 is 1.42 bits per heavy atom. The number of hydrogen-bond donors (Lipinski definition) is 1. The van der Waals surface area contributed by atoms with Crippen LogP contribution in [0, 0.1) is 6.92 Å². The van der Waals surface area contributed by atoms with E-state index in [1.165, 1.54) is 0 Å². The van der Waals surface area contributed by atoms with Crippen LogP contribution in [0.4, 0.5) is 0 Å². The number of ketones is 1. The molecule has 0 saturated carbocycles. The Labute approximate surface area is 78.2 Å². The van der Waals surface area contributed by atoms with Crippen LogP contribution in [-0.4, -0.2) is 12.3 Å². The van der Waals surface area contributed by atoms with Crippen LogP contribution in [0.3, 0.4) is 0 Å². The third-order valence-corrected chi connectivity index (χ3v) is 1.63. The standard InChI is InChI=1S/C9H11NO.ClH/c1-7-4-2-3-5-8(7)9(11)6-10;/h2-5H,6,10H2,1H3;1H. The molecule has 0 fully saturated rings. The molecule has 0 aliphatic carbocycles. The third-order valence-electron chi connectivity index (χ3n) is 1.63. The molecule has 0 amide bonds. The van der Waals surface area contributed by atoms with E-state index in [0.717, 1.165) is 11.1 Å². The van der Waals surface area contributed by atoms with Crippen LogP contribution in [0.1, 0.15) is 15.9 Å². The van der Waals surface area contributed by atoms with Gasteiger partial charge in [-0.2, -0.15) is 0 Å². The van der Waals surface area contributed by atoms with Crippen LogP contribution in [0.15, 0.2) is 24.3 Å². The van der Waals surface area contributed by atoms with Crippen molar-refractivity contribution in [3.63, 3.8) is 0 Å². The number of carbonyl (C=O) groups is 1. The number of aryl methyl sites for hydroxylation is 1. The highest BCUT2D eigenvalue weighted by atomic mass is 35.5. The number of nitrogens with two attached hydrogens (primary N) is 1. The highest BCUT2D eigenvalue weighted by Crippen LogP contribution is 2.06. The Morgan fingerprint density at radius 3 is 2.50 bits per heavy atom. The van der Waals surface area contributed by atoms with Gasteiger partial charge < -0.3 is 5.73 Å². The zero-order valence-electron chi connectivity index (χ0n) is 6.91. The fourth-order valence-electron chi connectivity index (χ4n) is 0.996. The Hall–Kier alpha value is -0.860. The zero-order chi connectivity index (χ0) is 8.27. The normalized spacial score (nSPS) is 8.83. The first-order valence-corrected chi connectivity index (χ1v) is 3.54. The largest absolute Gasteiger partial charge is 0.324 e. The van der Waals surface area contributed by atoms with Crippen LogP contribution >= 0.6 is 12.4 Å². The third kappa shape index (κ3) is 2.32. The maximum absolute atomic E-state index is 11.1. The lowest BCUT2D eigenvalue weighted by Crippen LogP contribution is -2.14. The van der Waals surface area contributed by atoms with E-state index in [1.54, 1.807) is 6.07 Å². The van der Waals surface area contributed by atoms with Gasteiger partial charge >= 0.3 is 0 Å². The molecular formula is C9H12ClNO. The molecule has 1 aromatic rings. The van der Waals surface area contributed by atoms with E-state index in [1.807, 2.05) is 25.1 Å². The van der Waals surface area contributed by atoms with Crippen LogP contribution in [-0.2, 0) is 0 Å². The van der Waals surface area contributed by atoms with Crippen molar-refractivity contribution in [2.45, 2.75) is 6.92 Å². The van der Waals surface area contributed by atoms with Gasteiger partial charge in [0.1, 0.15) is 0 Å². The van der Waals surface area contributed by atoms with E-state index in [2.05, 4.69) is 0 Å². The Kier molecular flexibility index (Phi) is 4.55. The highest BCUT2D eigenvalue weighted by molar-refractivity contribution is 5.98. The molecule has 0 saturated heterocycles. The summed E-state index contributed by atoms with van der Waals surface area (Å²) in [5.41, 5.74) is 6.94. The smallest absolute Gasteiger partial charge is 0.176 e. The molecule has 0 aliphatic rings. The van der Waals surface area contributed by atoms with Gasteiger partial charge in [0.2, 0.25) is 0 Å². The Balaban J connectivity index is 0.00000121. The van der Waals surface area contributed by atoms with Gasteiger partial charge in [-0.05, 0) is 12.5 Å². The topological polar surface area (TPSA) is 43.1 Å². The van der Waals surface area contributed by atoms with Crippen molar-refractivity contribution >= 4 is 18.2 Å². The molecule has 2 N–H and O–H groups in total.